The van der Waals surface area contributed by atoms with Crippen LogP contribution in [-0.4, -0.2) is 35.5 Å². The predicted octanol–water partition coefficient (Wildman–Crippen LogP) is 4.15. The number of amides is 1. The van der Waals surface area contributed by atoms with Gasteiger partial charge in [0.2, 0.25) is 5.91 Å². The van der Waals surface area contributed by atoms with E-state index in [2.05, 4.69) is 59.4 Å². The molecule has 5 heteroatoms. The van der Waals surface area contributed by atoms with Gasteiger partial charge >= 0.3 is 0 Å². The number of nitrogens with zero attached hydrogens (tertiary/aromatic N) is 1. The summed E-state index contributed by atoms with van der Waals surface area (Å²) in [6.07, 6.45) is 5.86. The van der Waals surface area contributed by atoms with Gasteiger partial charge in [-0.1, -0.05) is 31.2 Å². The number of benzene rings is 2. The van der Waals surface area contributed by atoms with E-state index < -0.39 is 0 Å². The number of hydrogen-bond donors (Lipinski definition) is 2. The van der Waals surface area contributed by atoms with Crippen LogP contribution in [0.25, 0.3) is 10.9 Å². The molecule has 0 radical (unpaired) electrons. The number of aryl methyl sites for hydroxylation is 2. The van der Waals surface area contributed by atoms with Gasteiger partial charge in [-0.2, -0.15) is 0 Å². The molecule has 5 nitrogen and oxygen atoms in total. The summed E-state index contributed by atoms with van der Waals surface area (Å²) in [6.45, 7) is 5.98. The minimum atomic E-state index is -0.272. The van der Waals surface area contributed by atoms with E-state index in [1.54, 1.807) is 0 Å². The van der Waals surface area contributed by atoms with E-state index in [0.29, 0.717) is 6.61 Å². The number of nitrogens with two attached hydrogens (primary N) is 1. The standard InChI is InChI=1S/C25H31N3O2/c1-3-17-13-18-11-12-28(16-25(26)29)23(21(18)14-24(17)30-4-2)10-9-19-15-27-22-8-6-5-7-20(19)22/h5-8,13-15,23,27H,3-4,9-12,16H2,1-2H3,(H2,26,29). The SMILES string of the molecule is CCOc1cc2c(cc1CC)CCN(CC(N)=O)C2CCc1c[nH]c2ccccc12. The lowest BCUT2D eigenvalue weighted by Crippen LogP contribution is -2.41. The molecule has 0 fully saturated rings. The summed E-state index contributed by atoms with van der Waals surface area (Å²) in [5, 5.41) is 1.27. The van der Waals surface area contributed by atoms with Crippen molar-refractivity contribution in [2.75, 3.05) is 19.7 Å². The Balaban J connectivity index is 1.67. The molecule has 1 aromatic heterocycles. The molecular weight excluding hydrogens is 374 g/mol. The van der Waals surface area contributed by atoms with E-state index in [1.807, 2.05) is 6.92 Å². The van der Waals surface area contributed by atoms with E-state index in [9.17, 15) is 4.79 Å². The molecule has 1 aliphatic rings. The topological polar surface area (TPSA) is 71.3 Å². The first-order valence-electron chi connectivity index (χ1n) is 11.0. The molecule has 2 heterocycles. The van der Waals surface area contributed by atoms with Crippen molar-refractivity contribution < 1.29 is 9.53 Å². The molecule has 0 bridgehead atoms. The average molecular weight is 406 g/mol. The molecule has 30 heavy (non-hydrogen) atoms. The van der Waals surface area contributed by atoms with Gasteiger partial charge in [0.1, 0.15) is 5.75 Å². The first-order chi connectivity index (χ1) is 14.6. The zero-order valence-electron chi connectivity index (χ0n) is 17.9. The smallest absolute Gasteiger partial charge is 0.231 e. The minimum absolute atomic E-state index is 0.153. The van der Waals surface area contributed by atoms with Crippen LogP contribution in [0.5, 0.6) is 5.75 Å². The van der Waals surface area contributed by atoms with Crippen LogP contribution in [0.2, 0.25) is 0 Å². The number of para-hydroxylation sites is 1. The molecule has 0 aliphatic carbocycles. The number of aromatic nitrogens is 1. The van der Waals surface area contributed by atoms with Crippen molar-refractivity contribution in [3.05, 3.63) is 64.8 Å². The third-order valence-corrected chi connectivity index (χ3v) is 6.19. The Bertz CT molecular complexity index is 1040. The lowest BCUT2D eigenvalue weighted by molar-refractivity contribution is -0.119. The lowest BCUT2D eigenvalue weighted by atomic mass is 9.87. The Morgan fingerprint density at radius 3 is 2.83 bits per heavy atom. The number of rotatable bonds is 8. The Labute approximate surface area is 178 Å². The zero-order valence-corrected chi connectivity index (χ0v) is 17.9. The van der Waals surface area contributed by atoms with Crippen LogP contribution in [0, 0.1) is 0 Å². The second-order valence-corrected chi connectivity index (χ2v) is 8.05. The van der Waals surface area contributed by atoms with E-state index in [4.69, 9.17) is 10.5 Å². The fourth-order valence-electron chi connectivity index (χ4n) is 4.76. The Kier molecular flexibility index (Phi) is 6.09. The van der Waals surface area contributed by atoms with Crippen LogP contribution in [0.4, 0.5) is 0 Å². The molecule has 4 rings (SSSR count). The average Bonchev–Trinajstić information content (AvgIpc) is 3.15. The van der Waals surface area contributed by atoms with Crippen molar-refractivity contribution in [2.24, 2.45) is 5.73 Å². The summed E-state index contributed by atoms with van der Waals surface area (Å²) in [7, 11) is 0. The predicted molar refractivity (Wildman–Crippen MR) is 121 cm³/mol. The highest BCUT2D eigenvalue weighted by Crippen LogP contribution is 2.37. The van der Waals surface area contributed by atoms with Crippen LogP contribution in [0.15, 0.2) is 42.6 Å². The van der Waals surface area contributed by atoms with Crippen molar-refractivity contribution in [1.29, 1.82) is 0 Å². The fourth-order valence-corrected chi connectivity index (χ4v) is 4.76. The fraction of sp³-hybridized carbons (Fsp3) is 0.400. The summed E-state index contributed by atoms with van der Waals surface area (Å²) >= 11 is 0. The van der Waals surface area contributed by atoms with Crippen molar-refractivity contribution in [2.45, 2.75) is 45.6 Å². The normalized spacial score (nSPS) is 16.5. The third kappa shape index (κ3) is 4.08. The Morgan fingerprint density at radius 2 is 2.07 bits per heavy atom. The molecule has 0 spiro atoms. The molecular formula is C25H31N3O2. The van der Waals surface area contributed by atoms with Crippen molar-refractivity contribution in [3.8, 4) is 5.75 Å². The van der Waals surface area contributed by atoms with Gasteiger partial charge in [-0.25, -0.2) is 0 Å². The van der Waals surface area contributed by atoms with Gasteiger partial charge in [0.15, 0.2) is 0 Å². The summed E-state index contributed by atoms with van der Waals surface area (Å²) in [5.74, 6) is 0.697. The number of hydrogen-bond acceptors (Lipinski definition) is 3. The van der Waals surface area contributed by atoms with Gasteiger partial charge in [0, 0.05) is 29.7 Å². The van der Waals surface area contributed by atoms with Gasteiger partial charge in [-0.3, -0.25) is 9.69 Å². The number of aromatic amines is 1. The number of carbonyl (C=O) groups is 1. The molecule has 1 unspecified atom stereocenters. The van der Waals surface area contributed by atoms with E-state index in [1.165, 1.54) is 27.6 Å². The quantitative estimate of drug-likeness (QED) is 0.591. The lowest BCUT2D eigenvalue weighted by Gasteiger charge is -2.37. The molecule has 158 valence electrons. The van der Waals surface area contributed by atoms with Crippen LogP contribution in [-0.2, 0) is 24.1 Å². The van der Waals surface area contributed by atoms with Crippen LogP contribution < -0.4 is 10.5 Å². The zero-order chi connectivity index (χ0) is 21.1. The van der Waals surface area contributed by atoms with Crippen molar-refractivity contribution in [1.82, 2.24) is 9.88 Å². The molecule has 2 aromatic carbocycles. The van der Waals surface area contributed by atoms with Gasteiger partial charge in [-0.15, -0.1) is 0 Å². The number of H-pyrrole nitrogens is 1. The number of fused-ring (bicyclic) bond motifs is 2. The monoisotopic (exact) mass is 405 g/mol. The van der Waals surface area contributed by atoms with Crippen LogP contribution in [0.3, 0.4) is 0 Å². The Hall–Kier alpha value is -2.79. The molecule has 1 atom stereocenters. The molecule has 1 amide bonds. The number of primary amides is 1. The van der Waals surface area contributed by atoms with Gasteiger partial charge in [0.05, 0.1) is 13.2 Å². The second-order valence-electron chi connectivity index (χ2n) is 8.05. The van der Waals surface area contributed by atoms with E-state index >= 15 is 0 Å². The summed E-state index contributed by atoms with van der Waals surface area (Å²) in [6, 6.07) is 13.1. The van der Waals surface area contributed by atoms with Gasteiger partial charge in [0.25, 0.3) is 0 Å². The maximum atomic E-state index is 11.8. The van der Waals surface area contributed by atoms with Gasteiger partial charge < -0.3 is 15.5 Å². The van der Waals surface area contributed by atoms with Gasteiger partial charge in [-0.05, 0) is 67.0 Å². The van der Waals surface area contributed by atoms with Crippen molar-refractivity contribution >= 4 is 16.8 Å². The molecule has 3 N–H and O–H groups in total. The Morgan fingerprint density at radius 1 is 1.23 bits per heavy atom. The first kappa shape index (κ1) is 20.5. The highest BCUT2D eigenvalue weighted by Gasteiger charge is 2.29. The molecule has 0 saturated carbocycles. The van der Waals surface area contributed by atoms with E-state index in [0.717, 1.165) is 43.5 Å². The minimum Gasteiger partial charge on any atom is -0.494 e. The van der Waals surface area contributed by atoms with Crippen LogP contribution in [0.1, 0.15) is 48.6 Å². The summed E-state index contributed by atoms with van der Waals surface area (Å²) in [4.78, 5) is 17.4. The first-order valence-corrected chi connectivity index (χ1v) is 11.0. The molecule has 3 aromatic rings. The number of nitrogens with one attached hydrogen (secondary N) is 1. The number of ether oxygens (including phenoxy) is 1. The molecule has 0 saturated heterocycles. The van der Waals surface area contributed by atoms with Crippen molar-refractivity contribution in [3.63, 3.8) is 0 Å². The highest BCUT2D eigenvalue weighted by atomic mass is 16.5. The maximum absolute atomic E-state index is 11.8. The highest BCUT2D eigenvalue weighted by molar-refractivity contribution is 5.83. The number of carbonyl (C=O) groups excluding carboxylic acids is 1. The third-order valence-electron chi connectivity index (χ3n) is 6.19. The summed E-state index contributed by atoms with van der Waals surface area (Å²) < 4.78 is 5.95. The maximum Gasteiger partial charge on any atom is 0.231 e. The molecule has 1 aliphatic heterocycles. The van der Waals surface area contributed by atoms with Crippen LogP contribution >= 0.6 is 0 Å². The van der Waals surface area contributed by atoms with E-state index in [-0.39, 0.29) is 18.5 Å². The summed E-state index contributed by atoms with van der Waals surface area (Å²) in [5.41, 5.74) is 12.0. The largest absolute Gasteiger partial charge is 0.494 e. The second kappa shape index (κ2) is 8.92.